The third-order valence-corrected chi connectivity index (χ3v) is 3.58. The smallest absolute Gasteiger partial charge is 0.254 e. The molecule has 18 heavy (non-hydrogen) atoms. The second-order valence-electron chi connectivity index (χ2n) is 5.34. The van der Waals surface area contributed by atoms with Crippen molar-refractivity contribution in [2.24, 2.45) is 5.73 Å². The molecule has 1 fully saturated rings. The number of rotatable bonds is 5. The predicted molar refractivity (Wildman–Crippen MR) is 72.4 cm³/mol. The number of carbonyl (C=O) groups excluding carboxylic acids is 1. The molecule has 0 radical (unpaired) electrons. The highest BCUT2D eigenvalue weighted by atomic mass is 16.5. The molecule has 5 nitrogen and oxygen atoms in total. The van der Waals surface area contributed by atoms with Gasteiger partial charge in [0, 0.05) is 26.7 Å². The van der Waals surface area contributed by atoms with Gasteiger partial charge in [0.1, 0.15) is 5.60 Å². The van der Waals surface area contributed by atoms with E-state index in [1.807, 2.05) is 18.7 Å². The van der Waals surface area contributed by atoms with Crippen LogP contribution in [0.4, 0.5) is 0 Å². The summed E-state index contributed by atoms with van der Waals surface area (Å²) in [7, 11) is 1.59. The van der Waals surface area contributed by atoms with Crippen molar-refractivity contribution in [3.05, 3.63) is 0 Å². The van der Waals surface area contributed by atoms with Crippen LogP contribution in [0.3, 0.4) is 0 Å². The monoisotopic (exact) mass is 257 g/mol. The molecule has 106 valence electrons. The highest BCUT2D eigenvalue weighted by Crippen LogP contribution is 2.14. The van der Waals surface area contributed by atoms with Crippen molar-refractivity contribution in [1.82, 2.24) is 9.80 Å². The summed E-state index contributed by atoms with van der Waals surface area (Å²) in [6.07, 6.45) is 2.05. The fraction of sp³-hybridized carbons (Fsp3) is 0.923. The van der Waals surface area contributed by atoms with Crippen LogP contribution in [0, 0.1) is 0 Å². The van der Waals surface area contributed by atoms with E-state index in [0.29, 0.717) is 0 Å². The van der Waals surface area contributed by atoms with Crippen molar-refractivity contribution < 1.29 is 9.53 Å². The molecule has 0 aromatic rings. The third-order valence-electron chi connectivity index (χ3n) is 3.58. The van der Waals surface area contributed by atoms with Crippen LogP contribution in [-0.4, -0.2) is 67.7 Å². The molecule has 0 aromatic heterocycles. The SMILES string of the molecule is COC(C)(C)C(=O)N1CCCN(CCCN)CC1. The molecule has 1 rings (SSSR count). The second-order valence-corrected chi connectivity index (χ2v) is 5.34. The van der Waals surface area contributed by atoms with Crippen LogP contribution < -0.4 is 5.73 Å². The molecule has 1 heterocycles. The first kappa shape index (κ1) is 15.4. The van der Waals surface area contributed by atoms with E-state index in [4.69, 9.17) is 10.5 Å². The van der Waals surface area contributed by atoms with Gasteiger partial charge in [-0.25, -0.2) is 0 Å². The Morgan fingerprint density at radius 2 is 2.00 bits per heavy atom. The Kier molecular flexibility index (Phi) is 6.05. The van der Waals surface area contributed by atoms with Crippen molar-refractivity contribution in [1.29, 1.82) is 0 Å². The maximum Gasteiger partial charge on any atom is 0.254 e. The molecule has 0 aliphatic carbocycles. The summed E-state index contributed by atoms with van der Waals surface area (Å²) in [5, 5.41) is 0. The minimum absolute atomic E-state index is 0.0886. The Bertz CT molecular complexity index is 269. The quantitative estimate of drug-likeness (QED) is 0.769. The zero-order valence-corrected chi connectivity index (χ0v) is 11.9. The van der Waals surface area contributed by atoms with Gasteiger partial charge < -0.3 is 20.3 Å². The number of nitrogens with two attached hydrogens (primary N) is 1. The fourth-order valence-electron chi connectivity index (χ4n) is 2.18. The number of carbonyl (C=O) groups is 1. The van der Waals surface area contributed by atoms with Crippen LogP contribution in [0.5, 0.6) is 0 Å². The Morgan fingerprint density at radius 3 is 2.61 bits per heavy atom. The van der Waals surface area contributed by atoms with Crippen LogP contribution in [0.1, 0.15) is 26.7 Å². The maximum absolute atomic E-state index is 12.3. The van der Waals surface area contributed by atoms with Gasteiger partial charge in [-0.3, -0.25) is 4.79 Å². The van der Waals surface area contributed by atoms with Crippen LogP contribution in [0.25, 0.3) is 0 Å². The fourth-order valence-corrected chi connectivity index (χ4v) is 2.18. The lowest BCUT2D eigenvalue weighted by atomic mass is 10.1. The van der Waals surface area contributed by atoms with Gasteiger partial charge >= 0.3 is 0 Å². The first-order valence-electron chi connectivity index (χ1n) is 6.78. The Hall–Kier alpha value is -0.650. The van der Waals surface area contributed by atoms with Gasteiger partial charge in [0.2, 0.25) is 0 Å². The van der Waals surface area contributed by atoms with Gasteiger partial charge in [-0.15, -0.1) is 0 Å². The van der Waals surface area contributed by atoms with Gasteiger partial charge in [-0.1, -0.05) is 0 Å². The van der Waals surface area contributed by atoms with Crippen LogP contribution in [0.2, 0.25) is 0 Å². The number of amides is 1. The average molecular weight is 257 g/mol. The summed E-state index contributed by atoms with van der Waals surface area (Å²) in [6.45, 7) is 9.02. The van der Waals surface area contributed by atoms with E-state index in [1.54, 1.807) is 7.11 Å². The van der Waals surface area contributed by atoms with Gasteiger partial charge in [-0.2, -0.15) is 0 Å². The normalized spacial score (nSPS) is 18.8. The lowest BCUT2D eigenvalue weighted by Gasteiger charge is -2.30. The number of nitrogens with zero attached hydrogens (tertiary/aromatic N) is 2. The van der Waals surface area contributed by atoms with Crippen molar-refractivity contribution in [3.63, 3.8) is 0 Å². The standard InChI is InChI=1S/C13H27N3O2/c1-13(2,18-3)12(17)16-9-5-8-15(10-11-16)7-4-6-14/h4-11,14H2,1-3H3. The first-order chi connectivity index (χ1) is 8.51. The van der Waals surface area contributed by atoms with E-state index in [9.17, 15) is 4.79 Å². The largest absolute Gasteiger partial charge is 0.369 e. The number of methoxy groups -OCH3 is 1. The molecule has 5 heteroatoms. The van der Waals surface area contributed by atoms with E-state index >= 15 is 0 Å². The summed E-state index contributed by atoms with van der Waals surface area (Å²) in [6, 6.07) is 0. The van der Waals surface area contributed by atoms with Crippen LogP contribution >= 0.6 is 0 Å². The highest BCUT2D eigenvalue weighted by Gasteiger charge is 2.32. The maximum atomic E-state index is 12.3. The topological polar surface area (TPSA) is 58.8 Å². The predicted octanol–water partition coefficient (Wildman–Crippen LogP) is 0.295. The molecule has 1 amide bonds. The molecule has 1 aliphatic heterocycles. The molecule has 1 saturated heterocycles. The Morgan fingerprint density at radius 1 is 1.28 bits per heavy atom. The molecule has 0 aromatic carbocycles. The number of hydrogen-bond donors (Lipinski definition) is 1. The van der Waals surface area contributed by atoms with E-state index in [-0.39, 0.29) is 5.91 Å². The summed E-state index contributed by atoms with van der Waals surface area (Å²) in [5.41, 5.74) is 4.81. The molecule has 0 unspecified atom stereocenters. The minimum atomic E-state index is -0.716. The second kappa shape index (κ2) is 7.07. The lowest BCUT2D eigenvalue weighted by Crippen LogP contribution is -2.47. The summed E-state index contributed by atoms with van der Waals surface area (Å²) in [4.78, 5) is 16.6. The Balaban J connectivity index is 2.49. The van der Waals surface area contributed by atoms with Crippen molar-refractivity contribution in [3.8, 4) is 0 Å². The van der Waals surface area contributed by atoms with E-state index < -0.39 is 5.60 Å². The zero-order valence-electron chi connectivity index (χ0n) is 11.9. The summed E-state index contributed by atoms with van der Waals surface area (Å²) >= 11 is 0. The van der Waals surface area contributed by atoms with Crippen molar-refractivity contribution >= 4 is 5.91 Å². The lowest BCUT2D eigenvalue weighted by molar-refractivity contribution is -0.150. The molecular formula is C13H27N3O2. The molecule has 1 aliphatic rings. The molecule has 0 bridgehead atoms. The molecule has 0 atom stereocenters. The van der Waals surface area contributed by atoms with Gasteiger partial charge in [0.15, 0.2) is 0 Å². The van der Waals surface area contributed by atoms with E-state index in [1.165, 1.54) is 0 Å². The highest BCUT2D eigenvalue weighted by molar-refractivity contribution is 5.84. The van der Waals surface area contributed by atoms with Crippen molar-refractivity contribution in [2.45, 2.75) is 32.3 Å². The minimum Gasteiger partial charge on any atom is -0.369 e. The number of ether oxygens (including phenoxy) is 1. The third kappa shape index (κ3) is 4.23. The van der Waals surface area contributed by atoms with Crippen LogP contribution in [-0.2, 0) is 9.53 Å². The Labute approximate surface area is 110 Å². The van der Waals surface area contributed by atoms with Gasteiger partial charge in [0.25, 0.3) is 5.91 Å². The zero-order chi connectivity index (χ0) is 13.6. The van der Waals surface area contributed by atoms with Crippen molar-refractivity contribution in [2.75, 3.05) is 46.4 Å². The first-order valence-corrected chi connectivity index (χ1v) is 6.78. The summed E-state index contributed by atoms with van der Waals surface area (Å²) < 4.78 is 5.26. The van der Waals surface area contributed by atoms with Gasteiger partial charge in [0.05, 0.1) is 0 Å². The average Bonchev–Trinajstić information content (AvgIpc) is 2.60. The van der Waals surface area contributed by atoms with E-state index in [2.05, 4.69) is 4.90 Å². The molecule has 0 saturated carbocycles. The molecule has 0 spiro atoms. The molecule has 2 N–H and O–H groups in total. The van der Waals surface area contributed by atoms with Crippen LogP contribution in [0.15, 0.2) is 0 Å². The molecular weight excluding hydrogens is 230 g/mol. The van der Waals surface area contributed by atoms with Gasteiger partial charge in [-0.05, 0) is 46.3 Å². The number of hydrogen-bond acceptors (Lipinski definition) is 4. The van der Waals surface area contributed by atoms with E-state index in [0.717, 1.165) is 52.1 Å². The summed E-state index contributed by atoms with van der Waals surface area (Å²) in [5.74, 6) is 0.0886.